The quantitative estimate of drug-likeness (QED) is 0.442. The van der Waals surface area contributed by atoms with E-state index in [1.165, 1.54) is 49.9 Å². The van der Waals surface area contributed by atoms with Gasteiger partial charge in [0.1, 0.15) is 0 Å². The zero-order valence-electron chi connectivity index (χ0n) is 16.0. The second-order valence-electron chi connectivity index (χ2n) is 6.21. The standard InChI is InChI=1S/C19H32N2O4S/c1-3-5-6-7-8-9-10-11-13-21-19(23)25-17-15-26-14-16(17)24-18(22)20-12-4-2/h14-15H,3-13H2,1-2H3,(H,20,22)(H,21,23). The van der Waals surface area contributed by atoms with Crippen molar-refractivity contribution in [3.8, 4) is 11.5 Å². The molecular formula is C19H32N2O4S. The topological polar surface area (TPSA) is 76.7 Å². The third kappa shape index (κ3) is 10.3. The highest BCUT2D eigenvalue weighted by molar-refractivity contribution is 7.08. The maximum Gasteiger partial charge on any atom is 0.412 e. The lowest BCUT2D eigenvalue weighted by Crippen LogP contribution is -2.29. The van der Waals surface area contributed by atoms with Gasteiger partial charge in [-0.1, -0.05) is 58.8 Å². The van der Waals surface area contributed by atoms with Crippen LogP contribution < -0.4 is 20.1 Å². The molecule has 0 saturated carbocycles. The van der Waals surface area contributed by atoms with Crippen molar-refractivity contribution in [3.63, 3.8) is 0 Å². The average molecular weight is 385 g/mol. The van der Waals surface area contributed by atoms with E-state index in [9.17, 15) is 9.59 Å². The van der Waals surface area contributed by atoms with Gasteiger partial charge in [0.2, 0.25) is 0 Å². The summed E-state index contributed by atoms with van der Waals surface area (Å²) in [6.07, 6.45) is 9.48. The zero-order valence-corrected chi connectivity index (χ0v) is 16.8. The van der Waals surface area contributed by atoms with Crippen LogP contribution in [0.15, 0.2) is 10.8 Å². The lowest BCUT2D eigenvalue weighted by atomic mass is 10.1. The Morgan fingerprint density at radius 2 is 1.27 bits per heavy atom. The fraction of sp³-hybridized carbons (Fsp3) is 0.684. The predicted octanol–water partition coefficient (Wildman–Crippen LogP) is 5.48. The fourth-order valence-corrected chi connectivity index (χ4v) is 3.01. The minimum absolute atomic E-state index is 0.255. The molecule has 1 rings (SSSR count). The van der Waals surface area contributed by atoms with Crippen LogP contribution in [-0.4, -0.2) is 25.3 Å². The monoisotopic (exact) mass is 384 g/mol. The van der Waals surface area contributed by atoms with E-state index in [4.69, 9.17) is 9.47 Å². The first-order valence-corrected chi connectivity index (χ1v) is 10.6. The molecule has 1 heterocycles. The summed E-state index contributed by atoms with van der Waals surface area (Å²) in [6, 6.07) is 0. The molecular weight excluding hydrogens is 352 g/mol. The van der Waals surface area contributed by atoms with Crippen LogP contribution in [-0.2, 0) is 0 Å². The number of unbranched alkanes of at least 4 members (excludes halogenated alkanes) is 7. The molecule has 0 fully saturated rings. The van der Waals surface area contributed by atoms with Crippen molar-refractivity contribution in [2.45, 2.75) is 71.6 Å². The first-order valence-electron chi connectivity index (χ1n) is 9.64. The van der Waals surface area contributed by atoms with E-state index in [1.807, 2.05) is 6.92 Å². The maximum absolute atomic E-state index is 11.8. The summed E-state index contributed by atoms with van der Waals surface area (Å²) in [7, 11) is 0. The van der Waals surface area contributed by atoms with Gasteiger partial charge in [-0.25, -0.2) is 9.59 Å². The molecule has 0 bridgehead atoms. The van der Waals surface area contributed by atoms with Crippen LogP contribution in [0.3, 0.4) is 0 Å². The molecule has 0 unspecified atom stereocenters. The first-order chi connectivity index (χ1) is 12.7. The summed E-state index contributed by atoms with van der Waals surface area (Å²) in [5.41, 5.74) is 0. The lowest BCUT2D eigenvalue weighted by Gasteiger charge is -2.08. The van der Waals surface area contributed by atoms with Crippen molar-refractivity contribution in [3.05, 3.63) is 10.8 Å². The summed E-state index contributed by atoms with van der Waals surface area (Å²) in [6.45, 7) is 5.30. The molecule has 26 heavy (non-hydrogen) atoms. The highest BCUT2D eigenvalue weighted by Crippen LogP contribution is 2.31. The van der Waals surface area contributed by atoms with Crippen LogP contribution in [0.4, 0.5) is 9.59 Å². The smallest absolute Gasteiger partial charge is 0.405 e. The Bertz CT molecular complexity index is 519. The van der Waals surface area contributed by atoms with Gasteiger partial charge < -0.3 is 20.1 Å². The Labute approximate surface area is 160 Å². The predicted molar refractivity (Wildman–Crippen MR) is 105 cm³/mol. The van der Waals surface area contributed by atoms with Gasteiger partial charge in [0.15, 0.2) is 11.5 Å². The third-order valence-corrected chi connectivity index (χ3v) is 4.52. The second kappa shape index (κ2) is 14.4. The van der Waals surface area contributed by atoms with Crippen LogP contribution in [0.2, 0.25) is 0 Å². The fourth-order valence-electron chi connectivity index (χ4n) is 2.37. The van der Waals surface area contributed by atoms with Gasteiger partial charge in [0, 0.05) is 23.8 Å². The molecule has 1 aromatic heterocycles. The Balaban J connectivity index is 2.16. The molecule has 0 aliphatic heterocycles. The number of thiophene rings is 1. The SMILES string of the molecule is CCCCCCCCCCNC(=O)Oc1cscc1OC(=O)NCCC. The molecule has 0 saturated heterocycles. The van der Waals surface area contributed by atoms with Crippen molar-refractivity contribution in [2.24, 2.45) is 0 Å². The van der Waals surface area contributed by atoms with E-state index in [0.717, 1.165) is 19.3 Å². The molecule has 1 aromatic rings. The Hall–Kier alpha value is -1.76. The van der Waals surface area contributed by atoms with E-state index in [1.54, 1.807) is 10.8 Å². The average Bonchev–Trinajstić information content (AvgIpc) is 3.05. The molecule has 0 aromatic carbocycles. The van der Waals surface area contributed by atoms with E-state index < -0.39 is 12.2 Å². The van der Waals surface area contributed by atoms with Crippen molar-refractivity contribution >= 4 is 23.5 Å². The largest absolute Gasteiger partial charge is 0.412 e. The molecule has 0 atom stereocenters. The molecule has 0 aliphatic carbocycles. The second-order valence-corrected chi connectivity index (χ2v) is 6.95. The van der Waals surface area contributed by atoms with Gasteiger partial charge in [-0.3, -0.25) is 0 Å². The third-order valence-electron chi connectivity index (χ3n) is 3.82. The van der Waals surface area contributed by atoms with Gasteiger partial charge in [-0.2, -0.15) is 0 Å². The number of hydrogen-bond donors (Lipinski definition) is 2. The lowest BCUT2D eigenvalue weighted by molar-refractivity contribution is 0.190. The van der Waals surface area contributed by atoms with Gasteiger partial charge in [-0.15, -0.1) is 11.3 Å². The first kappa shape index (κ1) is 22.3. The molecule has 0 aliphatic rings. The van der Waals surface area contributed by atoms with Crippen molar-refractivity contribution < 1.29 is 19.1 Å². The van der Waals surface area contributed by atoms with Crippen LogP contribution in [0.25, 0.3) is 0 Å². The number of amides is 2. The maximum atomic E-state index is 11.8. The van der Waals surface area contributed by atoms with Gasteiger partial charge in [0.25, 0.3) is 0 Å². The molecule has 148 valence electrons. The number of carbonyl (C=O) groups excluding carboxylic acids is 2. The van der Waals surface area contributed by atoms with Crippen LogP contribution in [0.1, 0.15) is 71.6 Å². The minimum Gasteiger partial charge on any atom is -0.405 e. The summed E-state index contributed by atoms with van der Waals surface area (Å²) in [5.74, 6) is 0.515. The van der Waals surface area contributed by atoms with Gasteiger partial charge in [0.05, 0.1) is 0 Å². The number of carbonyl (C=O) groups is 2. The number of rotatable bonds is 13. The van der Waals surface area contributed by atoms with Crippen LogP contribution in [0.5, 0.6) is 11.5 Å². The number of ether oxygens (including phenoxy) is 2. The molecule has 2 amide bonds. The molecule has 6 nitrogen and oxygen atoms in total. The number of nitrogens with one attached hydrogen (secondary N) is 2. The summed E-state index contributed by atoms with van der Waals surface area (Å²) < 4.78 is 10.4. The van der Waals surface area contributed by atoms with Crippen LogP contribution in [0, 0.1) is 0 Å². The summed E-state index contributed by atoms with van der Waals surface area (Å²) in [4.78, 5) is 23.4. The van der Waals surface area contributed by atoms with Crippen LogP contribution >= 0.6 is 11.3 Å². The Kier molecular flexibility index (Phi) is 12.4. The normalized spacial score (nSPS) is 10.4. The Morgan fingerprint density at radius 3 is 1.81 bits per heavy atom. The van der Waals surface area contributed by atoms with Gasteiger partial charge in [-0.05, 0) is 12.8 Å². The van der Waals surface area contributed by atoms with Crippen molar-refractivity contribution in [1.29, 1.82) is 0 Å². The summed E-state index contributed by atoms with van der Waals surface area (Å²) in [5, 5.41) is 8.61. The highest BCUT2D eigenvalue weighted by atomic mass is 32.1. The Morgan fingerprint density at radius 1 is 0.769 bits per heavy atom. The van der Waals surface area contributed by atoms with E-state index in [2.05, 4.69) is 17.6 Å². The van der Waals surface area contributed by atoms with E-state index in [-0.39, 0.29) is 11.5 Å². The summed E-state index contributed by atoms with van der Waals surface area (Å²) >= 11 is 1.31. The van der Waals surface area contributed by atoms with Crippen molar-refractivity contribution in [1.82, 2.24) is 10.6 Å². The van der Waals surface area contributed by atoms with E-state index in [0.29, 0.717) is 13.1 Å². The molecule has 0 spiro atoms. The minimum atomic E-state index is -0.547. The van der Waals surface area contributed by atoms with Crippen molar-refractivity contribution in [2.75, 3.05) is 13.1 Å². The highest BCUT2D eigenvalue weighted by Gasteiger charge is 2.14. The zero-order chi connectivity index (χ0) is 19.0. The molecule has 7 heteroatoms. The number of hydrogen-bond acceptors (Lipinski definition) is 5. The molecule has 0 radical (unpaired) electrons. The van der Waals surface area contributed by atoms with E-state index >= 15 is 0 Å². The molecule has 2 N–H and O–H groups in total. The van der Waals surface area contributed by atoms with Gasteiger partial charge >= 0.3 is 12.2 Å².